The molecule has 1 heterocycles. The fraction of sp³-hybridized carbons (Fsp3) is 0.829. The van der Waals surface area contributed by atoms with Gasteiger partial charge in [0.15, 0.2) is 0 Å². The highest BCUT2D eigenvalue weighted by atomic mass is 16.6. The molecule has 0 unspecified atom stereocenters. The zero-order valence-electron chi connectivity index (χ0n) is 63.5. The van der Waals surface area contributed by atoms with E-state index in [9.17, 15) is 43.5 Å². The molecule has 1 rings (SSSR count). The number of unbranched alkanes of at least 4 members (excludes halogenated alkanes) is 3. The van der Waals surface area contributed by atoms with Gasteiger partial charge in [-0.05, 0) is 127 Å². The van der Waals surface area contributed by atoms with E-state index < -0.39 is 167 Å². The number of hydrogen-bond donors (Lipinski definition) is 6. The fourth-order valence-electron chi connectivity index (χ4n) is 11.9. The minimum absolute atomic E-state index is 0.000429. The maximum absolute atomic E-state index is 15.4. The minimum Gasteiger partial charge on any atom is -0.444 e. The first-order chi connectivity index (χ1) is 44.2. The smallest absolute Gasteiger partial charge is 0.407 e. The van der Waals surface area contributed by atoms with Crippen LogP contribution >= 0.6 is 0 Å². The van der Waals surface area contributed by atoms with Crippen molar-refractivity contribution in [3.8, 4) is 0 Å². The molecule has 96 heavy (non-hydrogen) atoms. The van der Waals surface area contributed by atoms with E-state index in [1.165, 1.54) is 87.7 Å². The van der Waals surface area contributed by atoms with Crippen LogP contribution in [-0.2, 0) is 57.5 Å². The number of aliphatic hydroxyl groups is 1. The summed E-state index contributed by atoms with van der Waals surface area (Å²) in [5, 5.41) is 26.3. The van der Waals surface area contributed by atoms with Gasteiger partial charge >= 0.3 is 6.09 Å². The number of amides is 12. The van der Waals surface area contributed by atoms with E-state index >= 15 is 19.2 Å². The molecule has 0 aromatic carbocycles. The predicted molar refractivity (Wildman–Crippen MR) is 371 cm³/mol. The number of nitrogens with zero attached hydrogens (tertiary/aromatic N) is 7. The van der Waals surface area contributed by atoms with Gasteiger partial charge in [0.1, 0.15) is 66.0 Å². The molecule has 552 valence electrons. The zero-order chi connectivity index (χ0) is 74.3. The van der Waals surface area contributed by atoms with Crippen LogP contribution in [0.4, 0.5) is 4.79 Å². The minimum atomic E-state index is -1.65. The maximum Gasteiger partial charge on any atom is 0.407 e. The largest absolute Gasteiger partial charge is 0.444 e. The van der Waals surface area contributed by atoms with Crippen molar-refractivity contribution in [2.45, 2.75) is 274 Å². The second-order valence-corrected chi connectivity index (χ2v) is 30.3. The standard InChI is InChI=1S/C70H128N12O14/c1-27-49-64(90)76(20)39-54(83)77(21)51(36-41(4)5)61(87)75-55(44(10)11)67(93)78(22)50(34-33-40(2)3)60(86)72-47(15)59(85)73-48(16)63(89)79(23)52(37-42(6)7)65(91)80(24)53(38-43(8)9)66(92)81(25)56(45(12)13)68(94)82(26)57(62(88)74-49)58(84)46(14)32-30-28-29-31-35-71-69(95)96-70(17,18)19/h40-53,55-58,84H,27-39H2,1-26H3,(H,71,95)(H,72,86)(H,73,85)(H,74,88)(H,75,87)/t46-,47-,48+,49-,50-,51+,52+,53-,55-,56-,57+,58-/m1/s1. The molecular weight excluding hydrogens is 1230 g/mol. The normalized spacial score (nSPS) is 25.2. The molecule has 26 nitrogen and oxygen atoms in total. The van der Waals surface area contributed by atoms with Crippen LogP contribution in [0.15, 0.2) is 0 Å². The Bertz CT molecular complexity index is 2590. The molecule has 12 amide bonds. The summed E-state index contributed by atoms with van der Waals surface area (Å²) in [5.41, 5.74) is -0.651. The lowest BCUT2D eigenvalue weighted by Gasteiger charge is -2.41. The van der Waals surface area contributed by atoms with Crippen LogP contribution in [0.25, 0.3) is 0 Å². The Morgan fingerprint density at radius 2 is 0.969 bits per heavy atom. The van der Waals surface area contributed by atoms with E-state index in [0.717, 1.165) is 16.2 Å². The lowest BCUT2D eigenvalue weighted by molar-refractivity contribution is -0.157. The van der Waals surface area contributed by atoms with Crippen molar-refractivity contribution in [1.29, 1.82) is 0 Å². The summed E-state index contributed by atoms with van der Waals surface area (Å²) in [6.45, 7) is 33.4. The molecule has 1 fully saturated rings. The van der Waals surface area contributed by atoms with Crippen molar-refractivity contribution in [2.24, 2.45) is 41.4 Å². The molecule has 0 bridgehead atoms. The lowest BCUT2D eigenvalue weighted by atomic mass is 9.90. The van der Waals surface area contributed by atoms with E-state index in [-0.39, 0.29) is 55.8 Å². The van der Waals surface area contributed by atoms with Crippen LogP contribution in [0.5, 0.6) is 0 Å². The highest BCUT2D eigenvalue weighted by molar-refractivity contribution is 5.99. The summed E-state index contributed by atoms with van der Waals surface area (Å²) in [5.74, 6) is -9.70. The topological polar surface area (TPSA) is 317 Å². The maximum atomic E-state index is 15.4. The van der Waals surface area contributed by atoms with Crippen LogP contribution in [0.3, 0.4) is 0 Å². The van der Waals surface area contributed by atoms with E-state index in [1.807, 2.05) is 55.4 Å². The molecule has 0 aromatic rings. The molecule has 0 radical (unpaired) electrons. The van der Waals surface area contributed by atoms with Crippen molar-refractivity contribution in [3.63, 3.8) is 0 Å². The lowest BCUT2D eigenvalue weighted by Crippen LogP contribution is -2.63. The number of likely N-dealkylation sites (N-methyl/N-ethyl adjacent to an activating group) is 7. The fourth-order valence-corrected chi connectivity index (χ4v) is 11.9. The Morgan fingerprint density at radius 3 is 1.46 bits per heavy atom. The second-order valence-electron chi connectivity index (χ2n) is 30.3. The molecule has 0 aliphatic carbocycles. The van der Waals surface area contributed by atoms with Crippen LogP contribution in [0.2, 0.25) is 0 Å². The summed E-state index contributed by atoms with van der Waals surface area (Å²) in [7, 11) is 9.92. The molecule has 6 N–H and O–H groups in total. The molecule has 0 saturated carbocycles. The summed E-state index contributed by atoms with van der Waals surface area (Å²) in [6.07, 6.45) is 2.08. The summed E-state index contributed by atoms with van der Waals surface area (Å²) < 4.78 is 5.34. The monoisotopic (exact) mass is 1360 g/mol. The first-order valence-corrected chi connectivity index (χ1v) is 35.0. The van der Waals surface area contributed by atoms with E-state index in [1.54, 1.807) is 62.3 Å². The molecule has 12 atom stereocenters. The van der Waals surface area contributed by atoms with Crippen molar-refractivity contribution in [1.82, 2.24) is 60.9 Å². The number of ether oxygens (including phenoxy) is 1. The Morgan fingerprint density at radius 1 is 0.500 bits per heavy atom. The van der Waals surface area contributed by atoms with E-state index in [0.29, 0.717) is 38.6 Å². The predicted octanol–water partition coefficient (Wildman–Crippen LogP) is 5.17. The average molecular weight is 1360 g/mol. The van der Waals surface area contributed by atoms with Crippen molar-refractivity contribution >= 4 is 71.1 Å². The Kier molecular flexibility index (Phi) is 36.7. The number of carbonyl (C=O) groups is 12. The molecule has 0 spiro atoms. The van der Waals surface area contributed by atoms with Gasteiger partial charge in [0.2, 0.25) is 65.0 Å². The number of rotatable bonds is 21. The van der Waals surface area contributed by atoms with Crippen LogP contribution in [0, 0.1) is 41.4 Å². The first kappa shape index (κ1) is 87.4. The SMILES string of the molecule is CC[C@H]1NC(=O)[C@H]([C@H](O)[C@H](C)CCCCCCNC(=O)OC(C)(C)C)N(C)C(=O)[C@@H](C(C)C)N(C)C(=O)[C@@H](CC(C)C)N(C)C(=O)[C@H](CC(C)C)N(C)C(=O)[C@H](C)NC(=O)[C@@H](C)NC(=O)[C@@H](CCC(C)C)N(C)C(=O)[C@@H](C(C)C)NC(=O)[C@H](CC(C)C)N(C)C(=O)CN(C)C1=O. The number of carbonyl (C=O) groups excluding carboxylic acids is 12. The third kappa shape index (κ3) is 27.0. The molecule has 0 aromatic heterocycles. The molecular formula is C70H128N12O14. The third-order valence-corrected chi connectivity index (χ3v) is 17.9. The van der Waals surface area contributed by atoms with Gasteiger partial charge in [-0.15, -0.1) is 0 Å². The Balaban J connectivity index is 4.28. The zero-order valence-corrected chi connectivity index (χ0v) is 63.5. The average Bonchev–Trinajstić information content (AvgIpc) is 0.810. The number of aliphatic hydroxyl groups excluding tert-OH is 1. The van der Waals surface area contributed by atoms with Gasteiger partial charge in [0.05, 0.1) is 12.6 Å². The quantitative estimate of drug-likeness (QED) is 0.0809. The first-order valence-electron chi connectivity index (χ1n) is 35.0. The Labute approximate surface area is 575 Å². The van der Waals surface area contributed by atoms with Gasteiger partial charge in [-0.3, -0.25) is 52.7 Å². The summed E-state index contributed by atoms with van der Waals surface area (Å²) in [6, 6.07) is -12.5. The van der Waals surface area contributed by atoms with E-state index in [4.69, 9.17) is 4.74 Å². The van der Waals surface area contributed by atoms with Gasteiger partial charge in [-0.2, -0.15) is 0 Å². The highest BCUT2D eigenvalue weighted by Crippen LogP contribution is 2.26. The summed E-state index contributed by atoms with van der Waals surface area (Å²) in [4.78, 5) is 183. The highest BCUT2D eigenvalue weighted by Gasteiger charge is 2.46. The molecule has 1 aliphatic rings. The number of alkyl carbamates (subject to hydrolysis) is 1. The number of nitrogens with one attached hydrogen (secondary N) is 5. The second kappa shape index (κ2) is 40.3. The number of hydrogen-bond acceptors (Lipinski definition) is 14. The van der Waals surface area contributed by atoms with Crippen molar-refractivity contribution in [2.75, 3.05) is 62.4 Å². The molecule has 1 saturated heterocycles. The van der Waals surface area contributed by atoms with Crippen LogP contribution < -0.4 is 26.6 Å². The third-order valence-electron chi connectivity index (χ3n) is 17.9. The Hall–Kier alpha value is -6.60. The van der Waals surface area contributed by atoms with Gasteiger partial charge in [-0.25, -0.2) is 4.79 Å². The van der Waals surface area contributed by atoms with Gasteiger partial charge < -0.3 is 70.7 Å². The van der Waals surface area contributed by atoms with Gasteiger partial charge in [0.25, 0.3) is 0 Å². The van der Waals surface area contributed by atoms with Crippen molar-refractivity contribution in [3.05, 3.63) is 0 Å². The van der Waals surface area contributed by atoms with Gasteiger partial charge in [0, 0.05) is 55.9 Å². The van der Waals surface area contributed by atoms with E-state index in [2.05, 4.69) is 26.6 Å². The van der Waals surface area contributed by atoms with Gasteiger partial charge in [-0.1, -0.05) is 116 Å². The molecule has 1 aliphatic heterocycles. The van der Waals surface area contributed by atoms with Crippen LogP contribution in [0.1, 0.15) is 202 Å². The van der Waals surface area contributed by atoms with Crippen molar-refractivity contribution < 1.29 is 67.4 Å². The van der Waals surface area contributed by atoms with Crippen LogP contribution in [-0.4, -0.2) is 245 Å². The summed E-state index contributed by atoms with van der Waals surface area (Å²) >= 11 is 0. The molecule has 26 heteroatoms.